The third-order valence-electron chi connectivity index (χ3n) is 5.71. The average Bonchev–Trinajstić information content (AvgIpc) is 2.73. The van der Waals surface area contributed by atoms with Gasteiger partial charge in [0.05, 0.1) is 0 Å². The lowest BCUT2D eigenvalue weighted by atomic mass is 10.4. The Morgan fingerprint density at radius 3 is 0.962 bits per heavy atom. The second kappa shape index (κ2) is 7.43. The Morgan fingerprint density at radius 2 is 0.692 bits per heavy atom. The summed E-state index contributed by atoms with van der Waals surface area (Å²) in [6.45, 7) is 0. The molecule has 0 amide bonds. The van der Waals surface area contributed by atoms with E-state index in [1.807, 2.05) is 0 Å². The van der Waals surface area contributed by atoms with E-state index in [-0.39, 0.29) is 0 Å². The maximum Gasteiger partial charge on any atom is 0.122 e. The van der Waals surface area contributed by atoms with Gasteiger partial charge in [0.2, 0.25) is 0 Å². The largest absolute Gasteiger partial charge is 0.122 e. The highest BCUT2D eigenvalue weighted by molar-refractivity contribution is 6.94. The molecule has 26 heavy (non-hydrogen) atoms. The molecule has 2 heteroatoms. The van der Waals surface area contributed by atoms with Crippen LogP contribution in [0.3, 0.4) is 0 Å². The fourth-order valence-electron chi connectivity index (χ4n) is 3.96. The smallest absolute Gasteiger partial charge is 0.106 e. The normalized spacial score (nSPS) is 26.6. The second-order valence-electron chi connectivity index (χ2n) is 7.41. The quantitative estimate of drug-likeness (QED) is 0.561. The topological polar surface area (TPSA) is 0 Å². The minimum Gasteiger partial charge on any atom is -0.106 e. The van der Waals surface area contributed by atoms with E-state index in [1.54, 1.807) is 0 Å². The first-order valence-corrected chi connectivity index (χ1v) is 14.6. The van der Waals surface area contributed by atoms with Crippen LogP contribution in [0.2, 0.25) is 36.3 Å². The van der Waals surface area contributed by atoms with Gasteiger partial charge in [0, 0.05) is 36.3 Å². The zero-order chi connectivity index (χ0) is 17.7. The Kier molecular flexibility index (Phi) is 4.86. The molecule has 0 fully saturated rings. The Bertz CT molecular complexity index is 816. The van der Waals surface area contributed by atoms with Gasteiger partial charge in [-0.25, -0.2) is 0 Å². The zero-order valence-electron chi connectivity index (χ0n) is 15.0. The van der Waals surface area contributed by atoms with Crippen LogP contribution in [-0.4, -0.2) is 16.1 Å². The number of hydrogen-bond donors (Lipinski definition) is 0. The van der Waals surface area contributed by atoms with Crippen molar-refractivity contribution in [2.75, 3.05) is 0 Å². The van der Waals surface area contributed by atoms with Gasteiger partial charge in [-0.3, -0.25) is 0 Å². The van der Waals surface area contributed by atoms with E-state index in [0.717, 1.165) is 36.3 Å². The van der Waals surface area contributed by atoms with Crippen molar-refractivity contribution in [1.29, 1.82) is 0 Å². The highest BCUT2D eigenvalue weighted by Crippen LogP contribution is 2.26. The lowest BCUT2D eigenvalue weighted by molar-refractivity contribution is 1.38. The van der Waals surface area contributed by atoms with Gasteiger partial charge in [-0.1, -0.05) is 71.0 Å². The predicted octanol–water partition coefficient (Wildman–Crippen LogP) is 3.74. The summed E-state index contributed by atoms with van der Waals surface area (Å²) < 4.78 is 0. The van der Waals surface area contributed by atoms with E-state index in [1.165, 1.54) is 10.4 Å². The van der Waals surface area contributed by atoms with E-state index in [9.17, 15) is 0 Å². The molecule has 5 rings (SSSR count). The second-order valence-corrected chi connectivity index (χ2v) is 15.8. The lowest BCUT2D eigenvalue weighted by Gasteiger charge is -2.30. The van der Waals surface area contributed by atoms with E-state index in [0.29, 0.717) is 0 Å². The third-order valence-corrected chi connectivity index (χ3v) is 13.9. The van der Waals surface area contributed by atoms with Gasteiger partial charge in [-0.15, -0.1) is 35.5 Å². The molecule has 0 atom stereocenters. The molecule has 2 aromatic carbocycles. The molecule has 3 aliphatic heterocycles. The molecule has 0 spiro atoms. The van der Waals surface area contributed by atoms with Gasteiger partial charge in [0.25, 0.3) is 0 Å². The van der Waals surface area contributed by atoms with Crippen LogP contribution in [0.5, 0.6) is 0 Å². The number of rotatable bonds is 2. The van der Waals surface area contributed by atoms with Crippen LogP contribution in [0.15, 0.2) is 60.7 Å². The monoisotopic (exact) mass is 366 g/mol. The summed E-state index contributed by atoms with van der Waals surface area (Å²) in [5.41, 5.74) is 0. The van der Waals surface area contributed by atoms with E-state index in [2.05, 4.69) is 96.2 Å². The van der Waals surface area contributed by atoms with Crippen LogP contribution in [0.25, 0.3) is 0 Å². The van der Waals surface area contributed by atoms with Gasteiger partial charge in [0.15, 0.2) is 0 Å². The lowest BCUT2D eigenvalue weighted by Crippen LogP contribution is -2.49. The molecule has 0 saturated carbocycles. The predicted molar refractivity (Wildman–Crippen MR) is 116 cm³/mol. The van der Waals surface area contributed by atoms with Crippen molar-refractivity contribution in [3.63, 3.8) is 0 Å². The first-order valence-electron chi connectivity index (χ1n) is 9.31. The zero-order valence-corrected chi connectivity index (χ0v) is 17.0. The van der Waals surface area contributed by atoms with Crippen LogP contribution in [0.4, 0.5) is 0 Å². The summed E-state index contributed by atoms with van der Waals surface area (Å²) >= 11 is 0. The maximum atomic E-state index is 3.60. The van der Waals surface area contributed by atoms with Crippen LogP contribution in [0, 0.1) is 35.5 Å². The Morgan fingerprint density at radius 1 is 0.423 bits per heavy atom. The number of fused-ring (bicyclic) bond motifs is 6. The van der Waals surface area contributed by atoms with Gasteiger partial charge in [-0.2, -0.15) is 0 Å². The third kappa shape index (κ3) is 3.30. The average molecular weight is 367 g/mol. The molecule has 0 N–H and O–H groups in total. The van der Waals surface area contributed by atoms with E-state index in [4.69, 9.17) is 0 Å². The van der Waals surface area contributed by atoms with Crippen LogP contribution < -0.4 is 10.4 Å². The van der Waals surface area contributed by atoms with Crippen molar-refractivity contribution in [2.45, 2.75) is 36.3 Å². The Balaban J connectivity index is 1.78. The van der Waals surface area contributed by atoms with Gasteiger partial charge in [-0.05, 0) is 0 Å². The van der Waals surface area contributed by atoms with Gasteiger partial charge < -0.3 is 0 Å². The molecule has 3 heterocycles. The number of hydrogen-bond acceptors (Lipinski definition) is 0. The number of benzene rings is 2. The summed E-state index contributed by atoms with van der Waals surface area (Å²) in [5, 5.41) is 2.93. The van der Waals surface area contributed by atoms with Crippen molar-refractivity contribution >= 4 is 26.5 Å². The van der Waals surface area contributed by atoms with Gasteiger partial charge in [0.1, 0.15) is 16.1 Å². The standard InChI is InChI=1S/C24H22Si2/c1-3-13-23(14-4-1)25-17-7-10-20-26(21-11-8-18-25,22-12-9-19-25)24-15-5-2-6-16-24/h1-6,13-16H,17-22H2. The molecule has 0 aromatic heterocycles. The minimum atomic E-state index is -1.80. The van der Waals surface area contributed by atoms with Crippen LogP contribution in [0.1, 0.15) is 0 Å². The van der Waals surface area contributed by atoms with Crippen molar-refractivity contribution in [2.24, 2.45) is 0 Å². The summed E-state index contributed by atoms with van der Waals surface area (Å²) in [6.07, 6.45) is 0. The summed E-state index contributed by atoms with van der Waals surface area (Å²) in [6, 6.07) is 27.8. The highest BCUT2D eigenvalue weighted by Gasteiger charge is 2.36. The molecule has 2 bridgehead atoms. The molecule has 0 aliphatic carbocycles. The maximum absolute atomic E-state index is 3.60. The Hall–Kier alpha value is -2.45. The first kappa shape index (κ1) is 17.0. The summed E-state index contributed by atoms with van der Waals surface area (Å²) in [4.78, 5) is 0. The molecule has 0 unspecified atom stereocenters. The molecular weight excluding hydrogens is 344 g/mol. The van der Waals surface area contributed by atoms with Crippen molar-refractivity contribution in [3.8, 4) is 35.5 Å². The van der Waals surface area contributed by atoms with Crippen LogP contribution in [-0.2, 0) is 0 Å². The molecule has 126 valence electrons. The molecule has 2 aromatic rings. The summed E-state index contributed by atoms with van der Waals surface area (Å²) in [5.74, 6) is 21.6. The Labute approximate surface area is 159 Å². The van der Waals surface area contributed by atoms with Crippen LogP contribution >= 0.6 is 0 Å². The van der Waals surface area contributed by atoms with Crippen molar-refractivity contribution in [3.05, 3.63) is 60.7 Å². The van der Waals surface area contributed by atoms with Gasteiger partial charge >= 0.3 is 0 Å². The molecular formula is C24H22Si2. The SMILES string of the molecule is C1#CC[Si]2(c3ccccc3)CC#CC[Si](c3ccccc3)(C1)CC#CC2. The molecule has 0 saturated heterocycles. The fourth-order valence-corrected chi connectivity index (χ4v) is 10.5. The van der Waals surface area contributed by atoms with Crippen molar-refractivity contribution in [1.82, 2.24) is 0 Å². The first-order chi connectivity index (χ1) is 12.8. The molecule has 3 aliphatic rings. The fraction of sp³-hybridized carbons (Fsp3) is 0.250. The molecule has 0 radical (unpaired) electrons. The van der Waals surface area contributed by atoms with E-state index < -0.39 is 16.1 Å². The minimum absolute atomic E-state index is 0.986. The highest BCUT2D eigenvalue weighted by atomic mass is 28.3. The van der Waals surface area contributed by atoms with E-state index >= 15 is 0 Å². The van der Waals surface area contributed by atoms with Crippen molar-refractivity contribution < 1.29 is 0 Å². The summed E-state index contributed by atoms with van der Waals surface area (Å²) in [7, 11) is -3.60. The molecule has 0 nitrogen and oxygen atoms in total.